The van der Waals surface area contributed by atoms with Crippen molar-refractivity contribution < 1.29 is 9.47 Å². The van der Waals surface area contributed by atoms with Crippen LogP contribution in [-0.4, -0.2) is 29.9 Å². The molecular weight excluding hydrogens is 585 g/mol. The van der Waals surface area contributed by atoms with Crippen LogP contribution in [0.15, 0.2) is 48.5 Å². The minimum absolute atomic E-state index is 0.699. The Bertz CT molecular complexity index is 803. The molecule has 0 aromatic heterocycles. The van der Waals surface area contributed by atoms with E-state index in [9.17, 15) is 0 Å². The predicted octanol–water partition coefficient (Wildman–Crippen LogP) is 7.38. The topological polar surface area (TPSA) is 22.8 Å². The van der Waals surface area contributed by atoms with Gasteiger partial charge in [0, 0.05) is 6.42 Å². The van der Waals surface area contributed by atoms with Gasteiger partial charge in [-0.05, 0) is 29.8 Å². The van der Waals surface area contributed by atoms with E-state index in [0.29, 0.717) is 6.54 Å². The number of hydrogen-bond donors (Lipinski definition) is 0. The van der Waals surface area contributed by atoms with E-state index < -0.39 is 9.14 Å². The molecule has 0 atom stereocenters. The molecule has 0 N–H and O–H groups in total. The zero-order chi connectivity index (χ0) is 20.6. The molecule has 3 nitrogen and oxygen atoms in total. The van der Waals surface area contributed by atoms with Crippen LogP contribution in [-0.2, 0) is 6.42 Å². The summed E-state index contributed by atoms with van der Waals surface area (Å²) in [6, 6.07) is 18.9. The third-order valence-electron chi connectivity index (χ3n) is 2.94. The average molecular weight is 603 g/mol. The van der Waals surface area contributed by atoms with E-state index in [1.54, 1.807) is 14.2 Å². The molecule has 150 valence electrons. The number of halogens is 6. The van der Waals surface area contributed by atoms with Crippen LogP contribution in [0.5, 0.6) is 11.5 Å². The Labute approximate surface area is 179 Å². The third kappa shape index (κ3) is 14.7. The van der Waals surface area contributed by atoms with Gasteiger partial charge in [0.25, 0.3) is 6.54 Å². The van der Waals surface area contributed by atoms with Gasteiger partial charge in [-0.15, -0.1) is 0 Å². The molecule has 0 radical (unpaired) electrons. The Morgan fingerprint density at radius 3 is 1.93 bits per heavy atom. The molecule has 0 aliphatic heterocycles. The summed E-state index contributed by atoms with van der Waals surface area (Å²) in [5.74, 6) is 1.50. The van der Waals surface area contributed by atoms with Gasteiger partial charge >= 0.3 is 68.2 Å². The SMILES string of the molecule is COc1ccc(CC[N+]#Cc2ccccc2)cc1OC.[Cl][Sb-]([Cl])([Cl])([Cl])([Cl])[Cl]. The molecule has 2 rings (SSSR count). The number of rotatable bonds is 4. The Hall–Kier alpha value is 0.0882. The summed E-state index contributed by atoms with van der Waals surface area (Å²) in [4.78, 5) is 4.31. The van der Waals surface area contributed by atoms with E-state index in [4.69, 9.17) is 62.4 Å². The molecule has 0 aliphatic carbocycles. The van der Waals surface area contributed by atoms with Gasteiger partial charge in [-0.25, -0.2) is 0 Å². The van der Waals surface area contributed by atoms with Gasteiger partial charge < -0.3 is 9.47 Å². The summed E-state index contributed by atoms with van der Waals surface area (Å²) in [7, 11) is 28.2. The molecule has 0 fully saturated rings. The van der Waals surface area contributed by atoms with Crippen molar-refractivity contribution in [3.8, 4) is 17.6 Å². The Morgan fingerprint density at radius 1 is 0.852 bits per heavy atom. The van der Waals surface area contributed by atoms with Crippen LogP contribution >= 0.6 is 53.0 Å². The molecule has 2 aromatic carbocycles. The van der Waals surface area contributed by atoms with Gasteiger partial charge in [0.15, 0.2) is 11.5 Å². The van der Waals surface area contributed by atoms with Crippen LogP contribution in [0.3, 0.4) is 0 Å². The summed E-state index contributed by atoms with van der Waals surface area (Å²) in [5.41, 5.74) is 2.17. The zero-order valence-electron chi connectivity index (χ0n) is 14.5. The van der Waals surface area contributed by atoms with Gasteiger partial charge in [-0.2, -0.15) is 0 Å². The first kappa shape index (κ1) is 25.1. The van der Waals surface area contributed by atoms with Gasteiger partial charge in [-0.3, -0.25) is 0 Å². The van der Waals surface area contributed by atoms with Crippen molar-refractivity contribution in [1.82, 2.24) is 0 Å². The van der Waals surface area contributed by atoms with Crippen LogP contribution < -0.4 is 9.47 Å². The second kappa shape index (κ2) is 9.73. The molecule has 27 heavy (non-hydrogen) atoms. The summed E-state index contributed by atoms with van der Waals surface area (Å²) >= 11 is 0. The Morgan fingerprint density at radius 2 is 1.41 bits per heavy atom. The first-order chi connectivity index (χ1) is 12.3. The van der Waals surface area contributed by atoms with E-state index in [1.807, 2.05) is 48.5 Å². The summed E-state index contributed by atoms with van der Waals surface area (Å²) < 4.78 is 10.5. The van der Waals surface area contributed by atoms with Crippen molar-refractivity contribution in [2.45, 2.75) is 6.42 Å². The quantitative estimate of drug-likeness (QED) is 0.341. The van der Waals surface area contributed by atoms with Crippen LogP contribution in [0, 0.1) is 6.07 Å². The number of ether oxygens (including phenoxy) is 2. The number of benzene rings is 2. The van der Waals surface area contributed by atoms with Gasteiger partial charge in [0.05, 0.1) is 14.2 Å². The molecule has 0 saturated carbocycles. The van der Waals surface area contributed by atoms with Gasteiger partial charge in [0.2, 0.25) is 0 Å². The predicted molar refractivity (Wildman–Crippen MR) is 122 cm³/mol. The summed E-state index contributed by atoms with van der Waals surface area (Å²) in [6.45, 7) is 0.699. The molecule has 0 saturated heterocycles. The standard InChI is InChI=1S/C17H18NO2.6ClH.Sb/c1-19-16-9-8-14(12-17(16)20-2)10-11-18-13-15-6-4-3-5-7-15;;;;;;;/h3-9,12H,10-11H2,1-2H3;6*1H;/q+1;;;;;;;+5/p-6. The summed E-state index contributed by atoms with van der Waals surface area (Å²) in [6.07, 6.45) is 0.847. The molecular formula is C17H18Cl6NO2Sb. The molecule has 0 aliphatic rings. The number of methoxy groups -OCH3 is 2. The van der Waals surface area contributed by atoms with Crippen molar-refractivity contribution in [3.05, 3.63) is 64.5 Å². The molecule has 2 aromatic rings. The molecule has 0 spiro atoms. The Balaban J connectivity index is 0.000000445. The van der Waals surface area contributed by atoms with E-state index in [-0.39, 0.29) is 0 Å². The van der Waals surface area contributed by atoms with Crippen LogP contribution in [0.25, 0.3) is 4.85 Å². The van der Waals surface area contributed by atoms with E-state index in [1.165, 1.54) is 5.56 Å². The van der Waals surface area contributed by atoms with Crippen molar-refractivity contribution in [2.75, 3.05) is 20.8 Å². The second-order valence-electron chi connectivity index (χ2n) is 5.26. The maximum absolute atomic E-state index is 5.42. The maximum atomic E-state index is 5.28. The second-order valence-corrected chi connectivity index (χ2v) is 62.2. The van der Waals surface area contributed by atoms with Crippen molar-refractivity contribution in [3.63, 3.8) is 0 Å². The monoisotopic (exact) mass is 599 g/mol. The normalized spacial score (nSPS) is 13.0. The first-order valence-electron chi connectivity index (χ1n) is 7.53. The zero-order valence-corrected chi connectivity index (χ0v) is 21.6. The van der Waals surface area contributed by atoms with E-state index in [0.717, 1.165) is 23.5 Å². The molecule has 10 heteroatoms. The number of nitrogens with zero attached hydrogens (tertiary/aromatic N) is 1. The molecule has 0 bridgehead atoms. The van der Waals surface area contributed by atoms with Crippen molar-refractivity contribution in [1.29, 1.82) is 0 Å². The third-order valence-corrected chi connectivity index (χ3v) is 2.94. The molecule has 0 amide bonds. The fraction of sp³-hybridized carbons (Fsp3) is 0.235. The fourth-order valence-corrected chi connectivity index (χ4v) is 1.88. The van der Waals surface area contributed by atoms with Crippen LogP contribution in [0.1, 0.15) is 11.1 Å². The Kier molecular flexibility index (Phi) is 9.05. The van der Waals surface area contributed by atoms with Crippen LogP contribution in [0.2, 0.25) is 0 Å². The van der Waals surface area contributed by atoms with Crippen molar-refractivity contribution in [2.24, 2.45) is 0 Å². The summed E-state index contributed by atoms with van der Waals surface area (Å²) in [5, 5.41) is 0. The number of hydrogen-bond acceptors (Lipinski definition) is 2. The van der Waals surface area contributed by atoms with Crippen molar-refractivity contribution >= 4 is 62.1 Å². The molecule has 0 heterocycles. The fourth-order valence-electron chi connectivity index (χ4n) is 1.88. The van der Waals surface area contributed by atoms with E-state index in [2.05, 4.69) is 10.9 Å². The first-order valence-corrected chi connectivity index (χ1v) is 26.9. The minimum atomic E-state index is -5.42. The molecule has 0 unspecified atom stereocenters. The van der Waals surface area contributed by atoms with Gasteiger partial charge in [0.1, 0.15) is 5.56 Å². The van der Waals surface area contributed by atoms with Crippen LogP contribution in [0.4, 0.5) is 0 Å². The van der Waals surface area contributed by atoms with E-state index >= 15 is 0 Å². The average Bonchev–Trinajstić information content (AvgIpc) is 2.56. The van der Waals surface area contributed by atoms with Gasteiger partial charge in [-0.1, -0.05) is 29.1 Å².